The predicted octanol–water partition coefficient (Wildman–Crippen LogP) is 2.55. The maximum Gasteiger partial charge on any atom is 0.0329 e. The average Bonchev–Trinajstić information content (AvgIpc) is 2.26. The van der Waals surface area contributed by atoms with E-state index in [0.29, 0.717) is 0 Å². The highest BCUT2D eigenvalue weighted by atomic mass is 32.2. The van der Waals surface area contributed by atoms with Crippen molar-refractivity contribution < 1.29 is 4.21 Å². The Bertz CT molecular complexity index is 390. The maximum atomic E-state index is 11.2. The van der Waals surface area contributed by atoms with E-state index < -0.39 is 10.8 Å². The molecule has 2 atom stereocenters. The summed E-state index contributed by atoms with van der Waals surface area (Å²) in [4.78, 5) is 0. The van der Waals surface area contributed by atoms with Crippen LogP contribution in [0.3, 0.4) is 0 Å². The zero-order valence-corrected chi connectivity index (χ0v) is 12.1. The molecule has 0 bridgehead atoms. The van der Waals surface area contributed by atoms with E-state index in [0.717, 1.165) is 19.5 Å². The average molecular weight is 253 g/mol. The Morgan fingerprint density at radius 2 is 2.06 bits per heavy atom. The molecule has 2 nitrogen and oxygen atoms in total. The van der Waals surface area contributed by atoms with Crippen LogP contribution in [0.4, 0.5) is 0 Å². The Balaban J connectivity index is 2.34. The Morgan fingerprint density at radius 3 is 2.65 bits per heavy atom. The Kier molecular flexibility index (Phi) is 5.86. The van der Waals surface area contributed by atoms with Gasteiger partial charge in [0.2, 0.25) is 0 Å². The fourth-order valence-corrected chi connectivity index (χ4v) is 2.19. The van der Waals surface area contributed by atoms with Crippen LogP contribution in [0.2, 0.25) is 0 Å². The molecule has 0 heterocycles. The summed E-state index contributed by atoms with van der Waals surface area (Å²) in [6, 6.07) is 6.54. The van der Waals surface area contributed by atoms with Gasteiger partial charge in [0.05, 0.1) is 0 Å². The summed E-state index contributed by atoms with van der Waals surface area (Å²) >= 11 is 0. The van der Waals surface area contributed by atoms with E-state index in [1.54, 1.807) is 6.26 Å². The van der Waals surface area contributed by atoms with Crippen molar-refractivity contribution in [2.24, 2.45) is 0 Å². The van der Waals surface area contributed by atoms with Gasteiger partial charge in [0.25, 0.3) is 0 Å². The highest BCUT2D eigenvalue weighted by molar-refractivity contribution is 7.84. The fourth-order valence-electron chi connectivity index (χ4n) is 1.74. The van der Waals surface area contributed by atoms with Crippen molar-refractivity contribution >= 4 is 10.8 Å². The van der Waals surface area contributed by atoms with Gasteiger partial charge in [-0.05, 0) is 37.9 Å². The van der Waals surface area contributed by atoms with Crippen molar-refractivity contribution in [3.8, 4) is 0 Å². The second-order valence-corrected chi connectivity index (χ2v) is 6.51. The second-order valence-electron chi connectivity index (χ2n) is 4.70. The minimum absolute atomic E-state index is 0.279. The standard InChI is InChI=1S/C14H23NOS/c1-11-5-6-14(12(2)9-11)10-15-8-7-13(3)17(4)16/h5-6,9,13,15H,7-8,10H2,1-4H3. The largest absolute Gasteiger partial charge is 0.313 e. The van der Waals surface area contributed by atoms with E-state index in [1.807, 2.05) is 6.92 Å². The molecule has 0 aliphatic rings. The summed E-state index contributed by atoms with van der Waals surface area (Å²) in [5, 5.41) is 3.69. The molecular weight excluding hydrogens is 230 g/mol. The van der Waals surface area contributed by atoms with Crippen molar-refractivity contribution in [2.45, 2.75) is 39.0 Å². The van der Waals surface area contributed by atoms with Crippen molar-refractivity contribution in [2.75, 3.05) is 12.8 Å². The lowest BCUT2D eigenvalue weighted by Gasteiger charge is -2.11. The smallest absolute Gasteiger partial charge is 0.0329 e. The minimum atomic E-state index is -0.706. The first-order valence-electron chi connectivity index (χ1n) is 6.09. The highest BCUT2D eigenvalue weighted by Gasteiger charge is 2.05. The second kappa shape index (κ2) is 6.92. The number of hydrogen-bond acceptors (Lipinski definition) is 2. The molecule has 1 rings (SSSR count). The van der Waals surface area contributed by atoms with Gasteiger partial charge in [-0.25, -0.2) is 0 Å². The first kappa shape index (κ1) is 14.4. The number of aryl methyl sites for hydroxylation is 2. The van der Waals surface area contributed by atoms with Gasteiger partial charge in [0, 0.05) is 28.9 Å². The van der Waals surface area contributed by atoms with E-state index in [-0.39, 0.29) is 5.25 Å². The van der Waals surface area contributed by atoms with Gasteiger partial charge in [-0.2, -0.15) is 0 Å². The van der Waals surface area contributed by atoms with Crippen molar-refractivity contribution in [3.63, 3.8) is 0 Å². The summed E-state index contributed by atoms with van der Waals surface area (Å²) in [6.45, 7) is 8.12. The van der Waals surface area contributed by atoms with E-state index in [2.05, 4.69) is 37.4 Å². The van der Waals surface area contributed by atoms with E-state index in [4.69, 9.17) is 0 Å². The minimum Gasteiger partial charge on any atom is -0.313 e. The SMILES string of the molecule is Cc1ccc(CNCCC(C)S(C)=O)c(C)c1. The lowest BCUT2D eigenvalue weighted by atomic mass is 10.1. The molecule has 0 aromatic heterocycles. The molecule has 0 aliphatic carbocycles. The molecule has 0 amide bonds. The molecule has 1 aromatic rings. The van der Waals surface area contributed by atoms with Crippen LogP contribution in [0.1, 0.15) is 30.0 Å². The fraction of sp³-hybridized carbons (Fsp3) is 0.571. The van der Waals surface area contributed by atoms with E-state index >= 15 is 0 Å². The molecule has 2 unspecified atom stereocenters. The Labute approximate surface area is 107 Å². The van der Waals surface area contributed by atoms with Crippen molar-refractivity contribution in [1.82, 2.24) is 5.32 Å². The molecule has 0 saturated carbocycles. The molecular formula is C14H23NOS. The summed E-state index contributed by atoms with van der Waals surface area (Å²) in [6.07, 6.45) is 2.74. The topological polar surface area (TPSA) is 29.1 Å². The third-order valence-electron chi connectivity index (χ3n) is 3.11. The molecule has 1 aromatic carbocycles. The molecule has 0 radical (unpaired) electrons. The van der Waals surface area contributed by atoms with Crippen LogP contribution >= 0.6 is 0 Å². The predicted molar refractivity (Wildman–Crippen MR) is 75.8 cm³/mol. The molecule has 0 spiro atoms. The number of nitrogens with one attached hydrogen (secondary N) is 1. The first-order valence-corrected chi connectivity index (χ1v) is 7.72. The van der Waals surface area contributed by atoms with Gasteiger partial charge in [-0.15, -0.1) is 0 Å². The summed E-state index contributed by atoms with van der Waals surface area (Å²) in [7, 11) is -0.706. The third-order valence-corrected chi connectivity index (χ3v) is 4.48. The van der Waals surface area contributed by atoms with Crippen LogP contribution in [-0.4, -0.2) is 22.3 Å². The van der Waals surface area contributed by atoms with Gasteiger partial charge in [0.15, 0.2) is 0 Å². The van der Waals surface area contributed by atoms with Crippen LogP contribution in [-0.2, 0) is 17.3 Å². The molecule has 96 valence electrons. The van der Waals surface area contributed by atoms with Crippen molar-refractivity contribution in [1.29, 1.82) is 0 Å². The lowest BCUT2D eigenvalue weighted by molar-refractivity contribution is 0.628. The van der Waals surface area contributed by atoms with Gasteiger partial charge in [-0.3, -0.25) is 4.21 Å². The molecule has 17 heavy (non-hydrogen) atoms. The van der Waals surface area contributed by atoms with Gasteiger partial charge < -0.3 is 5.32 Å². The first-order chi connectivity index (χ1) is 8.00. The molecule has 0 saturated heterocycles. The lowest BCUT2D eigenvalue weighted by Crippen LogP contribution is -2.21. The van der Waals surface area contributed by atoms with Crippen LogP contribution < -0.4 is 5.32 Å². The Morgan fingerprint density at radius 1 is 1.35 bits per heavy atom. The normalized spacial score (nSPS) is 14.6. The Hall–Kier alpha value is -0.670. The zero-order chi connectivity index (χ0) is 12.8. The van der Waals surface area contributed by atoms with Crippen LogP contribution in [0.5, 0.6) is 0 Å². The zero-order valence-electron chi connectivity index (χ0n) is 11.2. The van der Waals surface area contributed by atoms with Gasteiger partial charge in [-0.1, -0.05) is 30.7 Å². The molecule has 1 N–H and O–H groups in total. The maximum absolute atomic E-state index is 11.2. The van der Waals surface area contributed by atoms with Crippen molar-refractivity contribution in [3.05, 3.63) is 34.9 Å². The molecule has 3 heteroatoms. The summed E-state index contributed by atoms with van der Waals surface area (Å²) in [5.74, 6) is 0. The summed E-state index contributed by atoms with van der Waals surface area (Å²) in [5.41, 5.74) is 3.99. The number of rotatable bonds is 6. The number of benzene rings is 1. The summed E-state index contributed by atoms with van der Waals surface area (Å²) < 4.78 is 11.2. The van der Waals surface area contributed by atoms with E-state index in [9.17, 15) is 4.21 Å². The van der Waals surface area contributed by atoms with Gasteiger partial charge in [0.1, 0.15) is 0 Å². The number of hydrogen-bond donors (Lipinski definition) is 1. The highest BCUT2D eigenvalue weighted by Crippen LogP contribution is 2.10. The quantitative estimate of drug-likeness (QED) is 0.789. The third kappa shape index (κ3) is 5.00. The van der Waals surface area contributed by atoms with E-state index in [1.165, 1.54) is 16.7 Å². The monoisotopic (exact) mass is 253 g/mol. The van der Waals surface area contributed by atoms with Crippen LogP contribution in [0, 0.1) is 13.8 Å². The molecule has 0 fully saturated rings. The van der Waals surface area contributed by atoms with Gasteiger partial charge >= 0.3 is 0 Å². The molecule has 0 aliphatic heterocycles. The van der Waals surface area contributed by atoms with Crippen LogP contribution in [0.25, 0.3) is 0 Å². The van der Waals surface area contributed by atoms with Crippen LogP contribution in [0.15, 0.2) is 18.2 Å².